The van der Waals surface area contributed by atoms with E-state index < -0.39 is 0 Å². The molecule has 1 N–H and O–H groups in total. The van der Waals surface area contributed by atoms with Crippen LogP contribution in [0.25, 0.3) is 0 Å². The largest absolute Gasteiger partial charge is 0.394 e. The summed E-state index contributed by atoms with van der Waals surface area (Å²) >= 11 is 0. The van der Waals surface area contributed by atoms with Gasteiger partial charge in [-0.05, 0) is 37.3 Å². The molecule has 0 saturated heterocycles. The third-order valence-electron chi connectivity index (χ3n) is 1.30. The van der Waals surface area contributed by atoms with E-state index in [0.717, 1.165) is 17.4 Å². The number of nitrogens with one attached hydrogen (secondary N) is 1. The molecule has 0 aromatic carbocycles. The van der Waals surface area contributed by atoms with Crippen LogP contribution in [0.15, 0.2) is 23.4 Å². The minimum Gasteiger partial charge on any atom is -0.394 e. The molecule has 2 nitrogen and oxygen atoms in total. The molecule has 56 valence electrons. The Morgan fingerprint density at radius 1 is 1.30 bits per heavy atom. The number of allylic oxidation sites excluding steroid dienone is 3. The van der Waals surface area contributed by atoms with Gasteiger partial charge in [-0.25, -0.2) is 0 Å². The Hall–Kier alpha value is -1.05. The van der Waals surface area contributed by atoms with Crippen LogP contribution in [0.3, 0.4) is 0 Å². The molecule has 0 rings (SSSR count). The summed E-state index contributed by atoms with van der Waals surface area (Å²) in [6.45, 7) is 3.85. The van der Waals surface area contributed by atoms with Gasteiger partial charge in [-0.1, -0.05) is 0 Å². The van der Waals surface area contributed by atoms with Crippen molar-refractivity contribution in [1.29, 1.82) is 0 Å². The van der Waals surface area contributed by atoms with Crippen molar-refractivity contribution in [2.45, 2.75) is 13.8 Å². The second-order valence-corrected chi connectivity index (χ2v) is 2.10. The average molecular weight is 139 g/mol. The molecule has 0 amide bonds. The minimum absolute atomic E-state index is 0.794. The number of hydrogen-bond acceptors (Lipinski definition) is 2. The molecule has 0 spiro atoms. The van der Waals surface area contributed by atoms with Gasteiger partial charge in [-0.2, -0.15) is 0 Å². The molecule has 10 heavy (non-hydrogen) atoms. The molecule has 0 aromatic rings. The van der Waals surface area contributed by atoms with Crippen molar-refractivity contribution in [2.75, 3.05) is 7.05 Å². The Labute approximate surface area is 61.6 Å². The van der Waals surface area contributed by atoms with Crippen LogP contribution in [0.1, 0.15) is 13.8 Å². The number of aldehydes is 1. The zero-order valence-electron chi connectivity index (χ0n) is 6.64. The molecule has 0 saturated carbocycles. The summed E-state index contributed by atoms with van der Waals surface area (Å²) in [5.74, 6) is 0. The molecule has 0 fully saturated rings. The Kier molecular flexibility index (Phi) is 4.29. The van der Waals surface area contributed by atoms with Gasteiger partial charge < -0.3 is 5.32 Å². The number of rotatable bonds is 3. The molecule has 0 heterocycles. The second kappa shape index (κ2) is 4.79. The summed E-state index contributed by atoms with van der Waals surface area (Å²) in [6, 6.07) is 0. The maximum absolute atomic E-state index is 10.00. The van der Waals surface area contributed by atoms with Gasteiger partial charge >= 0.3 is 0 Å². The lowest BCUT2D eigenvalue weighted by atomic mass is 10.1. The van der Waals surface area contributed by atoms with Crippen molar-refractivity contribution in [3.05, 3.63) is 23.4 Å². The molecule has 0 bridgehead atoms. The first-order valence-corrected chi connectivity index (χ1v) is 3.19. The van der Waals surface area contributed by atoms with Crippen molar-refractivity contribution in [3.63, 3.8) is 0 Å². The summed E-state index contributed by atoms with van der Waals surface area (Å²) < 4.78 is 0. The number of carbonyl (C=O) groups excluding carboxylic acids is 1. The highest BCUT2D eigenvalue weighted by atomic mass is 16.1. The van der Waals surface area contributed by atoms with Gasteiger partial charge in [0, 0.05) is 7.05 Å². The van der Waals surface area contributed by atoms with Crippen LogP contribution in [-0.2, 0) is 4.79 Å². The lowest BCUT2D eigenvalue weighted by molar-refractivity contribution is -0.104. The Balaban J connectivity index is 4.19. The van der Waals surface area contributed by atoms with Gasteiger partial charge in [0.2, 0.25) is 0 Å². The first-order chi connectivity index (χ1) is 4.72. The van der Waals surface area contributed by atoms with Gasteiger partial charge in [0.05, 0.1) is 0 Å². The van der Waals surface area contributed by atoms with Crippen LogP contribution in [0, 0.1) is 0 Å². The van der Waals surface area contributed by atoms with E-state index in [0.29, 0.717) is 0 Å². The number of hydrogen-bond donors (Lipinski definition) is 1. The quantitative estimate of drug-likeness (QED) is 0.362. The lowest BCUT2D eigenvalue weighted by Crippen LogP contribution is -1.95. The highest BCUT2D eigenvalue weighted by Crippen LogP contribution is 2.04. The maximum atomic E-state index is 10.00. The summed E-state index contributed by atoms with van der Waals surface area (Å²) in [6.07, 6.45) is 4.20. The van der Waals surface area contributed by atoms with E-state index >= 15 is 0 Å². The van der Waals surface area contributed by atoms with Crippen molar-refractivity contribution < 1.29 is 4.79 Å². The van der Waals surface area contributed by atoms with Crippen LogP contribution >= 0.6 is 0 Å². The monoisotopic (exact) mass is 139 g/mol. The highest BCUT2D eigenvalue weighted by molar-refractivity contribution is 5.67. The standard InChI is InChI=1S/C8H13NO/c1-7(4-5-10)8(2)6-9-3/h4-6,9H,1-3H3/b7-4-,8-6-. The van der Waals surface area contributed by atoms with E-state index in [-0.39, 0.29) is 0 Å². The fraction of sp³-hybridized carbons (Fsp3) is 0.375. The van der Waals surface area contributed by atoms with Crippen molar-refractivity contribution in [1.82, 2.24) is 5.32 Å². The summed E-state index contributed by atoms with van der Waals surface area (Å²) in [7, 11) is 1.83. The van der Waals surface area contributed by atoms with E-state index in [1.165, 1.54) is 0 Å². The summed E-state index contributed by atoms with van der Waals surface area (Å²) in [4.78, 5) is 10.00. The first kappa shape index (κ1) is 8.95. The normalized spacial score (nSPS) is 13.1. The molecule has 0 aliphatic carbocycles. The fourth-order valence-electron chi connectivity index (χ4n) is 0.564. The van der Waals surface area contributed by atoms with Gasteiger partial charge in [0.15, 0.2) is 0 Å². The van der Waals surface area contributed by atoms with Crippen molar-refractivity contribution >= 4 is 6.29 Å². The molecule has 0 aliphatic rings. The smallest absolute Gasteiger partial charge is 0.143 e. The Bertz CT molecular complexity index is 168. The molecule has 0 radical (unpaired) electrons. The molecule has 0 aliphatic heterocycles. The third kappa shape index (κ3) is 3.07. The van der Waals surface area contributed by atoms with Crippen LogP contribution in [0.2, 0.25) is 0 Å². The third-order valence-corrected chi connectivity index (χ3v) is 1.30. The van der Waals surface area contributed by atoms with Crippen molar-refractivity contribution in [2.24, 2.45) is 0 Å². The molecule has 2 heteroatoms. The fourth-order valence-corrected chi connectivity index (χ4v) is 0.564. The number of carbonyl (C=O) groups is 1. The van der Waals surface area contributed by atoms with E-state index in [4.69, 9.17) is 0 Å². The predicted octanol–water partition coefficient (Wildman–Crippen LogP) is 1.25. The summed E-state index contributed by atoms with van der Waals surface area (Å²) in [5.41, 5.74) is 2.07. The summed E-state index contributed by atoms with van der Waals surface area (Å²) in [5, 5.41) is 2.89. The van der Waals surface area contributed by atoms with Gasteiger partial charge in [0.1, 0.15) is 6.29 Å². The topological polar surface area (TPSA) is 29.1 Å². The first-order valence-electron chi connectivity index (χ1n) is 3.19. The van der Waals surface area contributed by atoms with Crippen LogP contribution in [-0.4, -0.2) is 13.3 Å². The van der Waals surface area contributed by atoms with Gasteiger partial charge in [-0.15, -0.1) is 0 Å². The van der Waals surface area contributed by atoms with E-state index in [2.05, 4.69) is 5.32 Å². The van der Waals surface area contributed by atoms with Gasteiger partial charge in [-0.3, -0.25) is 4.79 Å². The lowest BCUT2D eigenvalue weighted by Gasteiger charge is -1.97. The zero-order valence-corrected chi connectivity index (χ0v) is 6.64. The molecule has 0 unspecified atom stereocenters. The second-order valence-electron chi connectivity index (χ2n) is 2.10. The zero-order chi connectivity index (χ0) is 7.98. The minimum atomic E-state index is 0.794. The maximum Gasteiger partial charge on any atom is 0.143 e. The molecular weight excluding hydrogens is 126 g/mol. The van der Waals surface area contributed by atoms with Crippen LogP contribution in [0.5, 0.6) is 0 Å². The van der Waals surface area contributed by atoms with Crippen LogP contribution < -0.4 is 5.32 Å². The van der Waals surface area contributed by atoms with Gasteiger partial charge in [0.25, 0.3) is 0 Å². The van der Waals surface area contributed by atoms with E-state index in [1.54, 1.807) is 6.08 Å². The SMILES string of the molecule is CN/C=C(C)\C(C)=C/C=O. The van der Waals surface area contributed by atoms with Crippen molar-refractivity contribution in [3.8, 4) is 0 Å². The average Bonchev–Trinajstić information content (AvgIpc) is 1.89. The Morgan fingerprint density at radius 3 is 2.30 bits per heavy atom. The highest BCUT2D eigenvalue weighted by Gasteiger charge is 1.88. The molecule has 0 atom stereocenters. The molecule has 0 aromatic heterocycles. The van der Waals surface area contributed by atoms with E-state index in [9.17, 15) is 4.79 Å². The Morgan fingerprint density at radius 2 is 1.90 bits per heavy atom. The predicted molar refractivity (Wildman–Crippen MR) is 42.6 cm³/mol. The molecular formula is C8H13NO. The van der Waals surface area contributed by atoms with Crippen LogP contribution in [0.4, 0.5) is 0 Å². The van der Waals surface area contributed by atoms with E-state index in [1.807, 2.05) is 27.1 Å².